The van der Waals surface area contributed by atoms with Gasteiger partial charge in [0.1, 0.15) is 12.1 Å². The molecular formula is C22H24F6N4O3S. The molecular weight excluding hydrogens is 514 g/mol. The molecule has 198 valence electrons. The third-order valence-corrected chi connectivity index (χ3v) is 7.38. The van der Waals surface area contributed by atoms with Crippen LogP contribution in [-0.2, 0) is 34.2 Å². The molecule has 2 heterocycles. The van der Waals surface area contributed by atoms with E-state index in [1.807, 2.05) is 0 Å². The van der Waals surface area contributed by atoms with Crippen LogP contribution in [0.15, 0.2) is 24.4 Å². The van der Waals surface area contributed by atoms with Crippen LogP contribution >= 0.6 is 0 Å². The van der Waals surface area contributed by atoms with Gasteiger partial charge in [-0.25, -0.2) is 26.3 Å². The monoisotopic (exact) mass is 538 g/mol. The minimum absolute atomic E-state index is 0.102. The van der Waals surface area contributed by atoms with E-state index in [0.717, 1.165) is 11.1 Å². The maximum Gasteiger partial charge on any atom is 0.511 e. The van der Waals surface area contributed by atoms with Crippen molar-refractivity contribution in [1.82, 2.24) is 14.6 Å². The number of halogens is 6. The van der Waals surface area contributed by atoms with E-state index in [0.29, 0.717) is 24.1 Å². The predicted octanol–water partition coefficient (Wildman–Crippen LogP) is 2.36. The van der Waals surface area contributed by atoms with E-state index in [4.69, 9.17) is 5.73 Å². The summed E-state index contributed by atoms with van der Waals surface area (Å²) in [6.07, 6.45) is 1.87. The number of sulfonamides is 1. The number of nitrogens with two attached hydrogens (primary N) is 1. The number of fused-ring (bicyclic) bond motifs is 1. The summed E-state index contributed by atoms with van der Waals surface area (Å²) in [4.78, 5) is 17.6. The van der Waals surface area contributed by atoms with Gasteiger partial charge in [-0.2, -0.15) is 13.2 Å². The van der Waals surface area contributed by atoms with E-state index in [1.165, 1.54) is 0 Å². The second-order valence-corrected chi connectivity index (χ2v) is 10.4. The van der Waals surface area contributed by atoms with Crippen molar-refractivity contribution in [1.29, 1.82) is 0 Å². The molecule has 1 aromatic carbocycles. The van der Waals surface area contributed by atoms with Gasteiger partial charge in [-0.3, -0.25) is 9.88 Å². The maximum absolute atomic E-state index is 14.1. The van der Waals surface area contributed by atoms with Crippen LogP contribution in [0, 0.1) is 30.3 Å². The number of nitrogens with one attached hydrogen (secondary N) is 1. The van der Waals surface area contributed by atoms with Gasteiger partial charge in [0.2, 0.25) is 0 Å². The molecule has 2 aromatic rings. The fraction of sp³-hybridized carbons (Fsp3) is 0.455. The third kappa shape index (κ3) is 6.22. The Morgan fingerprint density at radius 1 is 1.22 bits per heavy atom. The Morgan fingerprint density at radius 2 is 1.89 bits per heavy atom. The number of aryl methyl sites for hydroxylation is 1. The molecule has 0 bridgehead atoms. The van der Waals surface area contributed by atoms with Crippen LogP contribution in [0.4, 0.5) is 26.3 Å². The lowest BCUT2D eigenvalue weighted by atomic mass is 9.90. The topological polar surface area (TPSA) is 105 Å². The molecule has 14 heteroatoms. The number of hydrogen-bond donors (Lipinski definition) is 2. The summed E-state index contributed by atoms with van der Waals surface area (Å²) in [5, 5.41) is 0. The van der Waals surface area contributed by atoms with E-state index in [-0.39, 0.29) is 31.5 Å². The van der Waals surface area contributed by atoms with Crippen molar-refractivity contribution in [3.8, 4) is 0 Å². The molecule has 0 radical (unpaired) electrons. The highest BCUT2D eigenvalue weighted by molar-refractivity contribution is 7.90. The molecule has 3 N–H and O–H groups in total. The first-order valence-electron chi connectivity index (χ1n) is 10.8. The number of rotatable bonds is 9. The largest absolute Gasteiger partial charge is 0.511 e. The Kier molecular flexibility index (Phi) is 8.43. The van der Waals surface area contributed by atoms with Crippen molar-refractivity contribution >= 4 is 16.3 Å². The van der Waals surface area contributed by atoms with Crippen LogP contribution in [0.5, 0.6) is 0 Å². The highest BCUT2D eigenvalue weighted by Gasteiger charge is 2.46. The predicted molar refractivity (Wildman–Crippen MR) is 117 cm³/mol. The van der Waals surface area contributed by atoms with Crippen molar-refractivity contribution in [2.24, 2.45) is 11.7 Å². The highest BCUT2D eigenvalue weighted by atomic mass is 32.2. The minimum atomic E-state index is -5.61. The minimum Gasteiger partial charge on any atom is -0.327 e. The van der Waals surface area contributed by atoms with Crippen molar-refractivity contribution in [2.45, 2.75) is 43.9 Å². The number of hydrogen-bond acceptors (Lipinski definition) is 6. The average Bonchev–Trinajstić information content (AvgIpc) is 2.79. The summed E-state index contributed by atoms with van der Waals surface area (Å²) >= 11 is 0. The molecule has 0 aliphatic carbocycles. The van der Waals surface area contributed by atoms with E-state index >= 15 is 0 Å². The van der Waals surface area contributed by atoms with Crippen LogP contribution < -0.4 is 10.5 Å². The Balaban J connectivity index is 1.82. The molecule has 0 fully saturated rings. The molecule has 1 aromatic heterocycles. The number of aromatic nitrogens is 1. The smallest absolute Gasteiger partial charge is 0.327 e. The molecule has 0 saturated heterocycles. The lowest BCUT2D eigenvalue weighted by Gasteiger charge is -2.39. The summed E-state index contributed by atoms with van der Waals surface area (Å²) < 4.78 is 104. The number of carbonyl (C=O) groups is 1. The van der Waals surface area contributed by atoms with Crippen molar-refractivity contribution in [3.63, 3.8) is 0 Å². The van der Waals surface area contributed by atoms with Crippen LogP contribution in [0.25, 0.3) is 0 Å². The molecule has 36 heavy (non-hydrogen) atoms. The molecule has 1 aliphatic heterocycles. The molecule has 0 saturated carbocycles. The van der Waals surface area contributed by atoms with Gasteiger partial charge in [0.25, 0.3) is 0 Å². The standard InChI is InChI=1S/C22H24F6N4O3S/c1-12-17-6-16(8-31-36(34,35)22(26,27)28)32(9-13(17)2-3-30-12)10-15(11-33)21(29)5-14-4-19(24)20(25)7-18(14)23/h2-4,7,11,15-16,21,31H,5-6,8-10,29H2,1H3/t15?,16-,21+/m0/s1. The third-order valence-electron chi connectivity index (χ3n) is 6.23. The number of alkyl halides is 3. The Hall–Kier alpha value is -2.55. The number of nitrogens with zero attached hydrogens (tertiary/aromatic N) is 2. The van der Waals surface area contributed by atoms with E-state index in [9.17, 15) is 39.6 Å². The van der Waals surface area contributed by atoms with Crippen molar-refractivity contribution in [2.75, 3.05) is 13.1 Å². The summed E-state index contributed by atoms with van der Waals surface area (Å²) in [5.74, 6) is -4.68. The lowest BCUT2D eigenvalue weighted by molar-refractivity contribution is -0.112. The van der Waals surface area contributed by atoms with Gasteiger partial charge in [0.05, 0.1) is 0 Å². The second-order valence-electron chi connectivity index (χ2n) is 8.64. The number of carbonyl (C=O) groups excluding carboxylic acids is 1. The van der Waals surface area contributed by atoms with Crippen LogP contribution in [0.1, 0.15) is 22.4 Å². The number of pyridine rings is 1. The quantitative estimate of drug-likeness (QED) is 0.289. The van der Waals surface area contributed by atoms with Crippen LogP contribution in [-0.4, -0.2) is 55.3 Å². The summed E-state index contributed by atoms with van der Waals surface area (Å²) in [7, 11) is -5.61. The van der Waals surface area contributed by atoms with Gasteiger partial charge in [0, 0.05) is 55.6 Å². The summed E-state index contributed by atoms with van der Waals surface area (Å²) in [6.45, 7) is 1.17. The lowest BCUT2D eigenvalue weighted by Crippen LogP contribution is -2.52. The average molecular weight is 539 g/mol. The highest BCUT2D eigenvalue weighted by Crippen LogP contribution is 2.28. The fourth-order valence-electron chi connectivity index (χ4n) is 4.17. The zero-order valence-electron chi connectivity index (χ0n) is 19.0. The van der Waals surface area contributed by atoms with Crippen molar-refractivity contribution < 1.29 is 39.6 Å². The SMILES string of the molecule is Cc1nccc2c1C[C@@H](CNS(=O)(=O)C(F)(F)F)N(CC(C=O)[C@H](N)Cc1cc(F)c(F)cc1F)C2. The van der Waals surface area contributed by atoms with Gasteiger partial charge in [-0.05, 0) is 48.6 Å². The number of benzene rings is 1. The zero-order chi connectivity index (χ0) is 26.8. The van der Waals surface area contributed by atoms with Gasteiger partial charge < -0.3 is 10.5 Å². The fourth-order valence-corrected chi connectivity index (χ4v) is 4.74. The van der Waals surface area contributed by atoms with E-state index in [2.05, 4.69) is 4.98 Å². The van der Waals surface area contributed by atoms with Crippen LogP contribution in [0.2, 0.25) is 0 Å². The molecule has 0 amide bonds. The zero-order valence-corrected chi connectivity index (χ0v) is 19.8. The molecule has 3 atom stereocenters. The first-order valence-corrected chi connectivity index (χ1v) is 12.3. The molecule has 1 unspecified atom stereocenters. The van der Waals surface area contributed by atoms with Crippen LogP contribution in [0.3, 0.4) is 0 Å². The summed E-state index contributed by atoms with van der Waals surface area (Å²) in [6, 6.07) is 0.891. The van der Waals surface area contributed by atoms with E-state index in [1.54, 1.807) is 28.8 Å². The first kappa shape index (κ1) is 28.0. The Bertz CT molecular complexity index is 1220. The molecule has 3 rings (SSSR count). The maximum atomic E-state index is 14.1. The van der Waals surface area contributed by atoms with Crippen molar-refractivity contribution in [3.05, 3.63) is 64.2 Å². The first-order chi connectivity index (χ1) is 16.7. The number of aldehydes is 1. The normalized spacial score (nSPS) is 18.5. The van der Waals surface area contributed by atoms with Gasteiger partial charge in [-0.15, -0.1) is 0 Å². The molecule has 1 aliphatic rings. The van der Waals surface area contributed by atoms with Gasteiger partial charge in [0.15, 0.2) is 11.6 Å². The Labute approximate surface area is 203 Å². The van der Waals surface area contributed by atoms with E-state index < -0.39 is 57.5 Å². The molecule has 7 nitrogen and oxygen atoms in total. The van der Waals surface area contributed by atoms with Gasteiger partial charge in [-0.1, -0.05) is 0 Å². The second kappa shape index (κ2) is 10.8. The molecule has 0 spiro atoms. The Morgan fingerprint density at radius 3 is 2.53 bits per heavy atom. The summed E-state index contributed by atoms with van der Waals surface area (Å²) in [5.41, 5.74) is 2.53. The van der Waals surface area contributed by atoms with Gasteiger partial charge >= 0.3 is 15.5 Å².